The Balaban J connectivity index is 2.25. The number of hydrogen-bond acceptors (Lipinski definition) is 9. The first kappa shape index (κ1) is 61.6. The SMILES string of the molecule is CCCCCCCCCCCCCC/C=C\CCCCCCCCCCCCC(O)C(=O)NC(COC1OC(CO)C(O)C(O)C1O)C(O)/C=C/CCCCCCCCCCCCCC. The number of unbranched alkanes of at least 4 members (excludes halogenated alkanes) is 34. The smallest absolute Gasteiger partial charge is 0.249 e. The van der Waals surface area contributed by atoms with E-state index in [4.69, 9.17) is 9.47 Å². The molecule has 0 radical (unpaired) electrons. The molecule has 0 aliphatic carbocycles. The Kier molecular flexibility index (Phi) is 42.8. The summed E-state index contributed by atoms with van der Waals surface area (Å²) < 4.78 is 11.2. The van der Waals surface area contributed by atoms with Gasteiger partial charge in [-0.05, 0) is 44.9 Å². The average Bonchev–Trinajstić information content (AvgIpc) is 3.31. The standard InChI is InChI=1S/C55H105NO9/c1-3-5-7-9-11-13-15-17-19-20-21-22-23-24-25-26-27-28-29-30-32-34-36-38-40-42-44-49(59)54(63)56-47(46-64-55-53(62)52(61)51(60)50(45-57)65-55)48(58)43-41-39-37-35-33-31-18-16-14-12-10-8-6-4-2/h24-25,41,43,47-53,55,57-62H,3-23,26-40,42,44-46H2,1-2H3,(H,56,63)/b25-24-,43-41+. The van der Waals surface area contributed by atoms with E-state index in [1.54, 1.807) is 6.08 Å². The molecule has 384 valence electrons. The number of allylic oxidation sites excluding steroid dienone is 3. The fourth-order valence-electron chi connectivity index (χ4n) is 8.87. The second-order valence-electron chi connectivity index (χ2n) is 19.5. The molecule has 0 saturated carbocycles. The summed E-state index contributed by atoms with van der Waals surface area (Å²) in [4.78, 5) is 13.1. The van der Waals surface area contributed by atoms with Gasteiger partial charge in [0.25, 0.3) is 0 Å². The van der Waals surface area contributed by atoms with Crippen molar-refractivity contribution in [3.05, 3.63) is 24.3 Å². The van der Waals surface area contributed by atoms with E-state index in [9.17, 15) is 35.4 Å². The number of rotatable bonds is 47. The van der Waals surface area contributed by atoms with E-state index in [1.807, 2.05) is 6.08 Å². The van der Waals surface area contributed by atoms with Crippen LogP contribution in [-0.2, 0) is 14.3 Å². The maximum atomic E-state index is 13.1. The van der Waals surface area contributed by atoms with Crippen molar-refractivity contribution in [2.75, 3.05) is 13.2 Å². The van der Waals surface area contributed by atoms with Gasteiger partial charge in [-0.2, -0.15) is 0 Å². The molecule has 0 spiro atoms. The second kappa shape index (κ2) is 45.1. The number of nitrogens with one attached hydrogen (secondary N) is 1. The van der Waals surface area contributed by atoms with Gasteiger partial charge in [0.05, 0.1) is 25.4 Å². The van der Waals surface area contributed by atoms with E-state index < -0.39 is 61.5 Å². The molecule has 1 fully saturated rings. The highest BCUT2D eigenvalue weighted by Gasteiger charge is 2.44. The maximum Gasteiger partial charge on any atom is 0.249 e. The van der Waals surface area contributed by atoms with Crippen molar-refractivity contribution in [2.45, 2.75) is 307 Å². The van der Waals surface area contributed by atoms with Crippen LogP contribution in [0.2, 0.25) is 0 Å². The van der Waals surface area contributed by atoms with Crippen molar-refractivity contribution in [1.29, 1.82) is 0 Å². The van der Waals surface area contributed by atoms with Crippen LogP contribution in [-0.4, -0.2) is 98.7 Å². The minimum atomic E-state index is -1.61. The number of amides is 1. The van der Waals surface area contributed by atoms with Crippen LogP contribution in [0.25, 0.3) is 0 Å². The first-order valence-electron chi connectivity index (χ1n) is 27.7. The highest BCUT2D eigenvalue weighted by atomic mass is 16.7. The summed E-state index contributed by atoms with van der Waals surface area (Å²) in [5, 5.41) is 64.9. The van der Waals surface area contributed by atoms with Crippen molar-refractivity contribution in [2.24, 2.45) is 0 Å². The van der Waals surface area contributed by atoms with Gasteiger partial charge < -0.3 is 45.4 Å². The first-order valence-corrected chi connectivity index (χ1v) is 27.7. The van der Waals surface area contributed by atoms with Crippen LogP contribution >= 0.6 is 0 Å². The largest absolute Gasteiger partial charge is 0.394 e. The van der Waals surface area contributed by atoms with Gasteiger partial charge in [-0.15, -0.1) is 0 Å². The maximum absolute atomic E-state index is 13.1. The van der Waals surface area contributed by atoms with E-state index in [0.29, 0.717) is 6.42 Å². The predicted molar refractivity (Wildman–Crippen MR) is 269 cm³/mol. The Morgan fingerprint density at radius 3 is 1.29 bits per heavy atom. The van der Waals surface area contributed by atoms with Crippen molar-refractivity contribution >= 4 is 5.91 Å². The van der Waals surface area contributed by atoms with E-state index in [-0.39, 0.29) is 6.61 Å². The lowest BCUT2D eigenvalue weighted by Gasteiger charge is -2.40. The molecular weight excluding hydrogens is 819 g/mol. The number of ether oxygens (including phenoxy) is 2. The molecular formula is C55H105NO9. The zero-order chi connectivity index (χ0) is 47.4. The molecule has 1 heterocycles. The average molecular weight is 924 g/mol. The number of aliphatic hydroxyl groups excluding tert-OH is 6. The van der Waals surface area contributed by atoms with Crippen LogP contribution in [0.1, 0.15) is 258 Å². The van der Waals surface area contributed by atoms with E-state index >= 15 is 0 Å². The zero-order valence-electron chi connectivity index (χ0n) is 42.1. The van der Waals surface area contributed by atoms with Gasteiger partial charge in [-0.25, -0.2) is 0 Å². The molecule has 1 aliphatic rings. The summed E-state index contributed by atoms with van der Waals surface area (Å²) >= 11 is 0. The zero-order valence-corrected chi connectivity index (χ0v) is 42.1. The summed E-state index contributed by atoms with van der Waals surface area (Å²) in [7, 11) is 0. The fraction of sp³-hybridized carbons (Fsp3) is 0.909. The number of carbonyl (C=O) groups is 1. The van der Waals surface area contributed by atoms with Crippen LogP contribution in [0.5, 0.6) is 0 Å². The predicted octanol–water partition coefficient (Wildman–Crippen LogP) is 12.0. The fourth-order valence-corrected chi connectivity index (χ4v) is 8.87. The molecule has 8 atom stereocenters. The van der Waals surface area contributed by atoms with Crippen molar-refractivity contribution in [1.82, 2.24) is 5.32 Å². The molecule has 0 aromatic carbocycles. The molecule has 1 aliphatic heterocycles. The summed E-state index contributed by atoms with van der Waals surface area (Å²) in [5.74, 6) is -0.615. The van der Waals surface area contributed by atoms with E-state index in [2.05, 4.69) is 31.3 Å². The normalized spacial score (nSPS) is 20.5. The van der Waals surface area contributed by atoms with Crippen LogP contribution in [0.15, 0.2) is 24.3 Å². The minimum absolute atomic E-state index is 0.304. The molecule has 1 amide bonds. The second-order valence-corrected chi connectivity index (χ2v) is 19.5. The monoisotopic (exact) mass is 924 g/mol. The van der Waals surface area contributed by atoms with Crippen LogP contribution < -0.4 is 5.32 Å². The van der Waals surface area contributed by atoms with Gasteiger partial charge in [0.2, 0.25) is 5.91 Å². The van der Waals surface area contributed by atoms with Gasteiger partial charge in [0.15, 0.2) is 6.29 Å². The highest BCUT2D eigenvalue weighted by Crippen LogP contribution is 2.23. The molecule has 0 bridgehead atoms. The first-order chi connectivity index (χ1) is 31.8. The van der Waals surface area contributed by atoms with Crippen LogP contribution in [0, 0.1) is 0 Å². The minimum Gasteiger partial charge on any atom is -0.394 e. The van der Waals surface area contributed by atoms with E-state index in [1.165, 1.54) is 193 Å². The highest BCUT2D eigenvalue weighted by molar-refractivity contribution is 5.80. The summed E-state index contributed by atoms with van der Waals surface area (Å²) in [5.41, 5.74) is 0. The Morgan fingerprint density at radius 1 is 0.523 bits per heavy atom. The number of aliphatic hydroxyl groups is 6. The molecule has 10 nitrogen and oxygen atoms in total. The van der Waals surface area contributed by atoms with Gasteiger partial charge in [0.1, 0.15) is 30.5 Å². The molecule has 10 heteroatoms. The molecule has 1 rings (SSSR count). The van der Waals surface area contributed by atoms with Crippen LogP contribution in [0.4, 0.5) is 0 Å². The Bertz CT molecular complexity index is 1090. The molecule has 7 N–H and O–H groups in total. The number of hydrogen-bond donors (Lipinski definition) is 7. The van der Waals surface area contributed by atoms with E-state index in [0.717, 1.165) is 44.9 Å². The van der Waals surface area contributed by atoms with Gasteiger partial charge in [-0.3, -0.25) is 4.79 Å². The topological polar surface area (TPSA) is 169 Å². The molecule has 0 aromatic rings. The molecule has 1 saturated heterocycles. The van der Waals surface area contributed by atoms with Crippen molar-refractivity contribution in [3.8, 4) is 0 Å². The van der Waals surface area contributed by atoms with Crippen LogP contribution in [0.3, 0.4) is 0 Å². The summed E-state index contributed by atoms with van der Waals surface area (Å²) in [6.45, 7) is 3.63. The Labute approximate surface area is 399 Å². The third kappa shape index (κ3) is 34.6. The molecule has 0 aromatic heterocycles. The lowest BCUT2D eigenvalue weighted by Crippen LogP contribution is -2.60. The summed E-state index contributed by atoms with van der Waals surface area (Å²) in [6, 6.07) is -0.979. The number of carbonyl (C=O) groups excluding carboxylic acids is 1. The lowest BCUT2D eigenvalue weighted by molar-refractivity contribution is -0.302. The third-order valence-corrected chi connectivity index (χ3v) is 13.4. The summed E-state index contributed by atoms with van der Waals surface area (Å²) in [6.07, 6.45) is 45.6. The lowest BCUT2D eigenvalue weighted by atomic mass is 9.99. The van der Waals surface area contributed by atoms with Gasteiger partial charge in [-0.1, -0.05) is 237 Å². The van der Waals surface area contributed by atoms with Gasteiger partial charge >= 0.3 is 0 Å². The Morgan fingerprint density at radius 2 is 0.892 bits per heavy atom. The molecule has 65 heavy (non-hydrogen) atoms. The molecule has 8 unspecified atom stereocenters. The van der Waals surface area contributed by atoms with Crippen molar-refractivity contribution in [3.63, 3.8) is 0 Å². The third-order valence-electron chi connectivity index (χ3n) is 13.4. The van der Waals surface area contributed by atoms with Gasteiger partial charge in [0, 0.05) is 0 Å². The van der Waals surface area contributed by atoms with Crippen molar-refractivity contribution < 1.29 is 44.9 Å². The quantitative estimate of drug-likeness (QED) is 0.0232. The Hall–Kier alpha value is -1.37.